The van der Waals surface area contributed by atoms with Crippen LogP contribution in [0.5, 0.6) is 0 Å². The second kappa shape index (κ2) is 7.78. The molecular weight excluding hydrogens is 378 g/mol. The molecule has 0 unspecified atom stereocenters. The minimum absolute atomic E-state index is 0.0742. The topological polar surface area (TPSA) is 79.3 Å². The molecule has 7 nitrogen and oxygen atoms in total. The van der Waals surface area contributed by atoms with Crippen molar-refractivity contribution < 1.29 is 9.59 Å². The molecule has 2 aliphatic heterocycles. The molecule has 7 heteroatoms. The highest BCUT2D eigenvalue weighted by Crippen LogP contribution is 2.35. The quantitative estimate of drug-likeness (QED) is 0.784. The van der Waals surface area contributed by atoms with E-state index in [-0.39, 0.29) is 17.7 Å². The largest absolute Gasteiger partial charge is 0.342 e. The van der Waals surface area contributed by atoms with Crippen LogP contribution in [0.3, 0.4) is 0 Å². The number of aromatic nitrogens is 3. The number of nitrogens with zero attached hydrogens (tertiary/aromatic N) is 5. The number of carbonyl (C=O) groups excluding carboxylic acids is 2. The molecule has 4 heterocycles. The maximum Gasteiger partial charge on any atom is 0.225 e. The minimum Gasteiger partial charge on any atom is -0.342 e. The molecule has 0 radical (unpaired) electrons. The van der Waals surface area contributed by atoms with E-state index in [0.717, 1.165) is 67.0 Å². The molecule has 30 heavy (non-hydrogen) atoms. The summed E-state index contributed by atoms with van der Waals surface area (Å²) in [6.45, 7) is 4.36. The van der Waals surface area contributed by atoms with Gasteiger partial charge in [0.2, 0.25) is 11.8 Å². The van der Waals surface area contributed by atoms with E-state index >= 15 is 0 Å². The lowest BCUT2D eigenvalue weighted by Gasteiger charge is -2.34. The first-order chi connectivity index (χ1) is 14.6. The van der Waals surface area contributed by atoms with Crippen LogP contribution in [-0.2, 0) is 22.6 Å². The van der Waals surface area contributed by atoms with Gasteiger partial charge in [-0.05, 0) is 44.2 Å². The van der Waals surface area contributed by atoms with Crippen molar-refractivity contribution in [3.63, 3.8) is 0 Å². The average Bonchev–Trinajstić information content (AvgIpc) is 3.63. The van der Waals surface area contributed by atoms with Gasteiger partial charge in [0.1, 0.15) is 5.82 Å². The van der Waals surface area contributed by atoms with E-state index in [0.29, 0.717) is 25.5 Å². The molecule has 156 valence electrons. The third kappa shape index (κ3) is 3.68. The first kappa shape index (κ1) is 19.2. The predicted octanol–water partition coefficient (Wildman–Crippen LogP) is 2.56. The van der Waals surface area contributed by atoms with E-state index in [1.165, 1.54) is 0 Å². The zero-order valence-corrected chi connectivity index (χ0v) is 17.4. The summed E-state index contributed by atoms with van der Waals surface area (Å²) in [6, 6.07) is 3.96. The Bertz CT molecular complexity index is 973. The molecular formula is C23H27N5O2. The molecule has 2 aromatic heterocycles. The van der Waals surface area contributed by atoms with Gasteiger partial charge in [-0.3, -0.25) is 14.6 Å². The van der Waals surface area contributed by atoms with E-state index in [9.17, 15) is 9.59 Å². The number of pyridine rings is 1. The first-order valence-electron chi connectivity index (χ1n) is 10.9. The monoisotopic (exact) mass is 405 g/mol. The summed E-state index contributed by atoms with van der Waals surface area (Å²) in [4.78, 5) is 42.6. The molecule has 3 aliphatic rings. The molecule has 0 aromatic carbocycles. The van der Waals surface area contributed by atoms with Gasteiger partial charge in [0, 0.05) is 61.9 Å². The van der Waals surface area contributed by atoms with E-state index in [1.54, 1.807) is 19.3 Å². The number of likely N-dealkylation sites (tertiary alicyclic amines) is 1. The lowest BCUT2D eigenvalue weighted by Crippen LogP contribution is -2.41. The molecule has 1 saturated carbocycles. The second-order valence-electron chi connectivity index (χ2n) is 8.68. The number of rotatable bonds is 3. The van der Waals surface area contributed by atoms with Crippen LogP contribution < -0.4 is 0 Å². The van der Waals surface area contributed by atoms with Gasteiger partial charge in [-0.15, -0.1) is 0 Å². The summed E-state index contributed by atoms with van der Waals surface area (Å²) >= 11 is 0. The first-order valence-corrected chi connectivity index (χ1v) is 10.9. The predicted molar refractivity (Wildman–Crippen MR) is 111 cm³/mol. The molecule has 0 bridgehead atoms. The van der Waals surface area contributed by atoms with Crippen LogP contribution in [0.25, 0.3) is 11.3 Å². The van der Waals surface area contributed by atoms with Gasteiger partial charge >= 0.3 is 0 Å². The van der Waals surface area contributed by atoms with Gasteiger partial charge < -0.3 is 9.80 Å². The van der Waals surface area contributed by atoms with Crippen molar-refractivity contribution in [2.75, 3.05) is 19.6 Å². The number of carbonyl (C=O) groups is 2. The van der Waals surface area contributed by atoms with E-state index in [1.807, 2.05) is 21.9 Å². The minimum atomic E-state index is 0.0742. The SMILES string of the molecule is CC(=O)N1CCc2c(nc([C@@H]3CCCN(C(=O)C4CC4)C3)nc2-c2ccncc2)C1. The number of hydrogen-bond donors (Lipinski definition) is 0. The van der Waals surface area contributed by atoms with Crippen molar-refractivity contribution in [1.82, 2.24) is 24.8 Å². The fourth-order valence-corrected chi connectivity index (χ4v) is 4.63. The van der Waals surface area contributed by atoms with E-state index in [2.05, 4.69) is 4.98 Å². The van der Waals surface area contributed by atoms with Crippen LogP contribution >= 0.6 is 0 Å². The summed E-state index contributed by atoms with van der Waals surface area (Å²) in [6.07, 6.45) is 8.34. The number of fused-ring (bicyclic) bond motifs is 1. The van der Waals surface area contributed by atoms with E-state index < -0.39 is 0 Å². The molecule has 5 rings (SSSR count). The zero-order chi connectivity index (χ0) is 20.7. The smallest absolute Gasteiger partial charge is 0.225 e. The van der Waals surface area contributed by atoms with Crippen LogP contribution in [0.2, 0.25) is 0 Å². The van der Waals surface area contributed by atoms with Gasteiger partial charge in [-0.2, -0.15) is 0 Å². The third-order valence-electron chi connectivity index (χ3n) is 6.51. The summed E-state index contributed by atoms with van der Waals surface area (Å²) in [5, 5.41) is 0. The molecule has 0 N–H and O–H groups in total. The molecule has 1 aliphatic carbocycles. The maximum absolute atomic E-state index is 12.6. The Hall–Kier alpha value is -2.83. The Morgan fingerprint density at radius 3 is 2.57 bits per heavy atom. The Labute approximate surface area is 176 Å². The summed E-state index contributed by atoms with van der Waals surface area (Å²) in [7, 11) is 0. The standard InChI is InChI=1S/C23H27N5O2/c1-15(29)27-12-8-19-20(14-27)25-22(26-21(19)16-6-9-24-10-7-16)18-3-2-11-28(13-18)23(30)17-4-5-17/h6-7,9-10,17-18H,2-5,8,11-14H2,1H3/t18-/m1/s1. The van der Waals surface area contributed by atoms with Crippen molar-refractivity contribution in [2.45, 2.75) is 51.5 Å². The van der Waals surface area contributed by atoms with Gasteiger partial charge in [-0.1, -0.05) is 0 Å². The highest BCUT2D eigenvalue weighted by molar-refractivity contribution is 5.81. The highest BCUT2D eigenvalue weighted by atomic mass is 16.2. The fourth-order valence-electron chi connectivity index (χ4n) is 4.63. The Morgan fingerprint density at radius 2 is 1.83 bits per heavy atom. The van der Waals surface area contributed by atoms with Crippen LogP contribution in [-0.4, -0.2) is 56.2 Å². The van der Waals surface area contributed by atoms with Crippen LogP contribution in [0, 0.1) is 5.92 Å². The Balaban J connectivity index is 1.51. The number of amides is 2. The van der Waals surface area contributed by atoms with Crippen LogP contribution in [0.1, 0.15) is 55.6 Å². The Morgan fingerprint density at radius 1 is 1.03 bits per heavy atom. The zero-order valence-electron chi connectivity index (χ0n) is 17.4. The summed E-state index contributed by atoms with van der Waals surface area (Å²) in [5.74, 6) is 1.56. The molecule has 2 aromatic rings. The van der Waals surface area contributed by atoms with Crippen molar-refractivity contribution in [3.05, 3.63) is 41.6 Å². The van der Waals surface area contributed by atoms with Crippen molar-refractivity contribution in [1.29, 1.82) is 0 Å². The highest BCUT2D eigenvalue weighted by Gasteiger charge is 2.36. The molecule has 1 atom stereocenters. The number of hydrogen-bond acceptors (Lipinski definition) is 5. The number of piperidine rings is 1. The van der Waals surface area contributed by atoms with Crippen molar-refractivity contribution >= 4 is 11.8 Å². The fraction of sp³-hybridized carbons (Fsp3) is 0.522. The lowest BCUT2D eigenvalue weighted by molar-refractivity contribution is -0.134. The van der Waals surface area contributed by atoms with Crippen molar-refractivity contribution in [3.8, 4) is 11.3 Å². The van der Waals surface area contributed by atoms with Gasteiger partial charge in [0.25, 0.3) is 0 Å². The Kier molecular flexibility index (Phi) is 4.97. The van der Waals surface area contributed by atoms with Crippen LogP contribution in [0.15, 0.2) is 24.5 Å². The van der Waals surface area contributed by atoms with Crippen molar-refractivity contribution in [2.24, 2.45) is 5.92 Å². The molecule has 2 fully saturated rings. The van der Waals surface area contributed by atoms with E-state index in [4.69, 9.17) is 9.97 Å². The molecule has 1 saturated heterocycles. The van der Waals surface area contributed by atoms with Gasteiger partial charge in [0.15, 0.2) is 0 Å². The summed E-state index contributed by atoms with van der Waals surface area (Å²) in [5.41, 5.74) is 4.05. The molecule has 0 spiro atoms. The second-order valence-corrected chi connectivity index (χ2v) is 8.68. The van der Waals surface area contributed by atoms with Gasteiger partial charge in [-0.25, -0.2) is 9.97 Å². The maximum atomic E-state index is 12.6. The van der Waals surface area contributed by atoms with Gasteiger partial charge in [0.05, 0.1) is 17.9 Å². The average molecular weight is 406 g/mol. The normalized spacial score (nSPS) is 21.3. The van der Waals surface area contributed by atoms with Crippen LogP contribution in [0.4, 0.5) is 0 Å². The molecule has 2 amide bonds. The lowest BCUT2D eigenvalue weighted by atomic mass is 9.94. The third-order valence-corrected chi connectivity index (χ3v) is 6.51. The summed E-state index contributed by atoms with van der Waals surface area (Å²) < 4.78 is 0.